The summed E-state index contributed by atoms with van der Waals surface area (Å²) >= 11 is 0. The van der Waals surface area contributed by atoms with Crippen molar-refractivity contribution in [3.05, 3.63) is 72.4 Å². The average molecular weight is 286 g/mol. The molecule has 1 rings (SSSR count). The third kappa shape index (κ3) is 5.00. The van der Waals surface area contributed by atoms with Crippen molar-refractivity contribution < 1.29 is 9.78 Å². The molecule has 0 aliphatic heterocycles. The van der Waals surface area contributed by atoms with Gasteiger partial charge in [0.25, 0.3) is 0 Å². The summed E-state index contributed by atoms with van der Waals surface area (Å²) in [4.78, 5) is 11.5. The fourth-order valence-corrected chi connectivity index (χ4v) is 1.91. The highest BCUT2D eigenvalue weighted by atomic mass is 17.2. The summed E-state index contributed by atoms with van der Waals surface area (Å²) in [5.41, 5.74) is 0.991. The van der Waals surface area contributed by atoms with Crippen molar-refractivity contribution in [1.29, 1.82) is 0 Å². The molecule has 0 saturated carbocycles. The minimum absolute atomic E-state index is 0.520. The SMILES string of the molecule is C=C/C=C(\C=C/C)C(C)(C)OOC(C)(C)c1ccccc1. The zero-order valence-electron chi connectivity index (χ0n) is 13.7. The maximum Gasteiger partial charge on any atom is 0.123 e. The lowest BCUT2D eigenvalue weighted by Crippen LogP contribution is -2.32. The summed E-state index contributed by atoms with van der Waals surface area (Å²) in [6.07, 6.45) is 7.66. The van der Waals surface area contributed by atoms with Crippen LogP contribution < -0.4 is 0 Å². The standard InChI is InChI=1S/C19H26O2/c1-7-12-16(13-8-2)18(3,4)20-21-19(5,6)17-14-10-9-11-15-17/h7-15H,1H2,2-6H3/b13-8-,16-12+. The third-order valence-corrected chi connectivity index (χ3v) is 3.27. The van der Waals surface area contributed by atoms with Gasteiger partial charge < -0.3 is 0 Å². The molecule has 0 amide bonds. The maximum absolute atomic E-state index is 5.75. The Morgan fingerprint density at radius 2 is 1.67 bits per heavy atom. The van der Waals surface area contributed by atoms with E-state index in [0.717, 1.165) is 11.1 Å². The first kappa shape index (κ1) is 17.4. The van der Waals surface area contributed by atoms with E-state index in [1.165, 1.54) is 0 Å². The zero-order chi connectivity index (χ0) is 15.9. The van der Waals surface area contributed by atoms with Gasteiger partial charge in [0, 0.05) is 0 Å². The van der Waals surface area contributed by atoms with Crippen LogP contribution >= 0.6 is 0 Å². The molecule has 2 heteroatoms. The summed E-state index contributed by atoms with van der Waals surface area (Å²) < 4.78 is 0. The summed E-state index contributed by atoms with van der Waals surface area (Å²) in [6.45, 7) is 13.7. The smallest absolute Gasteiger partial charge is 0.123 e. The Morgan fingerprint density at radius 3 is 2.19 bits per heavy atom. The second kappa shape index (κ2) is 7.39. The van der Waals surface area contributed by atoms with Gasteiger partial charge in [0.2, 0.25) is 0 Å². The first-order valence-electron chi connectivity index (χ1n) is 7.22. The van der Waals surface area contributed by atoms with E-state index in [1.807, 2.05) is 83.2 Å². The van der Waals surface area contributed by atoms with E-state index >= 15 is 0 Å². The molecule has 0 heterocycles. The van der Waals surface area contributed by atoms with Crippen molar-refractivity contribution in [3.63, 3.8) is 0 Å². The third-order valence-electron chi connectivity index (χ3n) is 3.27. The largest absolute Gasteiger partial charge is 0.225 e. The monoisotopic (exact) mass is 286 g/mol. The number of allylic oxidation sites excluding steroid dienone is 3. The van der Waals surface area contributed by atoms with Gasteiger partial charge in [0.1, 0.15) is 11.2 Å². The van der Waals surface area contributed by atoms with Gasteiger partial charge >= 0.3 is 0 Å². The lowest BCUT2D eigenvalue weighted by atomic mass is 9.97. The van der Waals surface area contributed by atoms with Crippen LogP contribution in [-0.4, -0.2) is 5.60 Å². The number of rotatable bonds is 7. The van der Waals surface area contributed by atoms with Crippen LogP contribution in [0.2, 0.25) is 0 Å². The Hall–Kier alpha value is -1.64. The molecule has 0 fully saturated rings. The molecule has 0 saturated heterocycles. The molecule has 2 nitrogen and oxygen atoms in total. The van der Waals surface area contributed by atoms with Crippen LogP contribution in [0.4, 0.5) is 0 Å². The summed E-state index contributed by atoms with van der Waals surface area (Å²) in [5, 5.41) is 0. The molecule has 0 aliphatic carbocycles. The molecular weight excluding hydrogens is 260 g/mol. The topological polar surface area (TPSA) is 18.5 Å². The predicted molar refractivity (Wildman–Crippen MR) is 88.8 cm³/mol. The molecule has 0 bridgehead atoms. The first-order valence-corrected chi connectivity index (χ1v) is 7.22. The van der Waals surface area contributed by atoms with Crippen LogP contribution in [0.1, 0.15) is 40.2 Å². The second-order valence-electron chi connectivity index (χ2n) is 5.91. The van der Waals surface area contributed by atoms with E-state index in [4.69, 9.17) is 9.78 Å². The lowest BCUT2D eigenvalue weighted by molar-refractivity contribution is -0.396. The van der Waals surface area contributed by atoms with E-state index in [-0.39, 0.29) is 0 Å². The van der Waals surface area contributed by atoms with Crippen LogP contribution in [-0.2, 0) is 15.4 Å². The summed E-state index contributed by atoms with van der Waals surface area (Å²) in [6, 6.07) is 10.0. The van der Waals surface area contributed by atoms with Gasteiger partial charge in [0.05, 0.1) is 0 Å². The molecule has 0 aliphatic rings. The molecular formula is C19H26O2. The highest BCUT2D eigenvalue weighted by molar-refractivity contribution is 5.30. The van der Waals surface area contributed by atoms with Gasteiger partial charge in [-0.1, -0.05) is 61.2 Å². The number of benzene rings is 1. The van der Waals surface area contributed by atoms with E-state index in [0.29, 0.717) is 0 Å². The van der Waals surface area contributed by atoms with Crippen LogP contribution in [0.3, 0.4) is 0 Å². The molecule has 1 aromatic carbocycles. The molecule has 21 heavy (non-hydrogen) atoms. The van der Waals surface area contributed by atoms with E-state index in [9.17, 15) is 0 Å². The van der Waals surface area contributed by atoms with Gasteiger partial charge in [-0.15, -0.1) is 0 Å². The van der Waals surface area contributed by atoms with Crippen molar-refractivity contribution in [3.8, 4) is 0 Å². The molecule has 0 unspecified atom stereocenters. The van der Waals surface area contributed by atoms with Crippen molar-refractivity contribution >= 4 is 0 Å². The quantitative estimate of drug-likeness (QED) is 0.383. The molecule has 0 atom stereocenters. The molecule has 0 spiro atoms. The maximum atomic E-state index is 5.75. The lowest BCUT2D eigenvalue weighted by Gasteiger charge is -2.31. The number of hydrogen-bond donors (Lipinski definition) is 0. The Morgan fingerprint density at radius 1 is 1.05 bits per heavy atom. The van der Waals surface area contributed by atoms with Gasteiger partial charge in [-0.3, -0.25) is 0 Å². The fourth-order valence-electron chi connectivity index (χ4n) is 1.91. The fraction of sp³-hybridized carbons (Fsp3) is 0.368. The van der Waals surface area contributed by atoms with E-state index < -0.39 is 11.2 Å². The van der Waals surface area contributed by atoms with E-state index in [2.05, 4.69) is 6.58 Å². The Bertz CT molecular complexity index is 508. The molecule has 0 aromatic heterocycles. The Kier molecular flexibility index (Phi) is 6.13. The van der Waals surface area contributed by atoms with Gasteiger partial charge in [0.15, 0.2) is 0 Å². The Labute approximate surface area is 128 Å². The summed E-state index contributed by atoms with van der Waals surface area (Å²) in [5.74, 6) is 0. The van der Waals surface area contributed by atoms with Crippen LogP contribution in [0.15, 0.2) is 66.8 Å². The van der Waals surface area contributed by atoms with Crippen LogP contribution in [0.5, 0.6) is 0 Å². The Balaban J connectivity index is 2.85. The van der Waals surface area contributed by atoms with Crippen molar-refractivity contribution in [2.24, 2.45) is 0 Å². The van der Waals surface area contributed by atoms with E-state index in [1.54, 1.807) is 6.08 Å². The number of hydrogen-bond acceptors (Lipinski definition) is 2. The highest BCUT2D eigenvalue weighted by Gasteiger charge is 2.29. The molecule has 1 aromatic rings. The zero-order valence-corrected chi connectivity index (χ0v) is 13.7. The molecule has 0 radical (unpaired) electrons. The summed E-state index contributed by atoms with van der Waals surface area (Å²) in [7, 11) is 0. The van der Waals surface area contributed by atoms with Crippen molar-refractivity contribution in [2.45, 2.75) is 45.8 Å². The average Bonchev–Trinajstić information content (AvgIpc) is 2.46. The van der Waals surface area contributed by atoms with Crippen LogP contribution in [0.25, 0.3) is 0 Å². The molecule has 114 valence electrons. The van der Waals surface area contributed by atoms with Gasteiger partial charge in [-0.25, -0.2) is 9.78 Å². The van der Waals surface area contributed by atoms with Crippen LogP contribution in [0, 0.1) is 0 Å². The van der Waals surface area contributed by atoms with Crippen molar-refractivity contribution in [2.75, 3.05) is 0 Å². The second-order valence-corrected chi connectivity index (χ2v) is 5.91. The molecule has 0 N–H and O–H groups in total. The minimum Gasteiger partial charge on any atom is -0.225 e. The normalized spacial score (nSPS) is 13.7. The minimum atomic E-state index is -0.563. The van der Waals surface area contributed by atoms with Crippen molar-refractivity contribution in [1.82, 2.24) is 0 Å². The van der Waals surface area contributed by atoms with Gasteiger partial charge in [-0.05, 0) is 45.8 Å². The first-order chi connectivity index (χ1) is 9.83. The highest BCUT2D eigenvalue weighted by Crippen LogP contribution is 2.30. The predicted octanol–water partition coefficient (Wildman–Crippen LogP) is 5.34. The van der Waals surface area contributed by atoms with Gasteiger partial charge in [-0.2, -0.15) is 0 Å².